The van der Waals surface area contributed by atoms with Crippen LogP contribution >= 0.6 is 35.0 Å². The van der Waals surface area contributed by atoms with E-state index in [1.165, 1.54) is 11.8 Å². The number of rotatable bonds is 6. The molecule has 1 atom stereocenters. The van der Waals surface area contributed by atoms with Gasteiger partial charge >= 0.3 is 0 Å². The molecule has 9 heteroatoms. The highest BCUT2D eigenvalue weighted by Crippen LogP contribution is 2.36. The third kappa shape index (κ3) is 4.11. The fourth-order valence-corrected chi connectivity index (χ4v) is 3.67. The van der Waals surface area contributed by atoms with Crippen molar-refractivity contribution in [3.63, 3.8) is 0 Å². The summed E-state index contributed by atoms with van der Waals surface area (Å²) in [5, 5.41) is 14.8. The van der Waals surface area contributed by atoms with Crippen LogP contribution < -0.4 is 14.8 Å². The number of hydrogen-bond acceptors (Lipinski definition) is 6. The maximum Gasteiger partial charge on any atom is 0.190 e. The number of ether oxygens (including phenoxy) is 2. The maximum absolute atomic E-state index is 10.2. The fourth-order valence-electron chi connectivity index (χ4n) is 2.55. The van der Waals surface area contributed by atoms with E-state index >= 15 is 0 Å². The summed E-state index contributed by atoms with van der Waals surface area (Å²) in [5.41, 5.74) is 2.37. The van der Waals surface area contributed by atoms with Gasteiger partial charge in [0.1, 0.15) is 12.4 Å². The summed E-state index contributed by atoms with van der Waals surface area (Å²) < 4.78 is 11.1. The van der Waals surface area contributed by atoms with Crippen LogP contribution in [0.15, 0.2) is 48.0 Å². The van der Waals surface area contributed by atoms with Gasteiger partial charge in [0, 0.05) is 11.8 Å². The third-order valence-corrected chi connectivity index (χ3v) is 5.56. The number of hydrogen-bond donors (Lipinski definition) is 3. The van der Waals surface area contributed by atoms with Crippen LogP contribution in [0.5, 0.6) is 11.5 Å². The maximum atomic E-state index is 10.2. The summed E-state index contributed by atoms with van der Waals surface area (Å²) in [6, 6.07) is 8.84. The first-order chi connectivity index (χ1) is 13.0. The van der Waals surface area contributed by atoms with Gasteiger partial charge in [0.05, 0.1) is 32.9 Å². The number of H-pyrrole nitrogens is 1. The van der Waals surface area contributed by atoms with Gasteiger partial charge in [-0.25, -0.2) is 4.98 Å². The largest absolute Gasteiger partial charge is 0.491 e. The Kier molecular flexibility index (Phi) is 5.10. The van der Waals surface area contributed by atoms with Crippen molar-refractivity contribution in [2.75, 3.05) is 17.7 Å². The Bertz CT molecular complexity index is 985. The molecular formula is C18H15Cl2N3O3S. The summed E-state index contributed by atoms with van der Waals surface area (Å²) in [6.07, 6.45) is -0.669. The summed E-state index contributed by atoms with van der Waals surface area (Å²) in [6.45, 7) is 3.86. The molecule has 2 aromatic carbocycles. The van der Waals surface area contributed by atoms with Crippen LogP contribution in [-0.4, -0.2) is 33.5 Å². The highest BCUT2D eigenvalue weighted by atomic mass is 35.5. The molecule has 1 aromatic heterocycles. The van der Waals surface area contributed by atoms with Gasteiger partial charge in [-0.15, -0.1) is 0 Å². The number of nitrogens with one attached hydrogen (secondary N) is 2. The zero-order valence-corrected chi connectivity index (χ0v) is 16.3. The molecule has 0 unspecified atom stereocenters. The van der Waals surface area contributed by atoms with E-state index in [-0.39, 0.29) is 6.61 Å². The average molecular weight is 424 g/mol. The second-order valence-corrected chi connectivity index (χ2v) is 7.73. The molecule has 0 spiro atoms. The molecule has 1 aliphatic rings. The Hall–Kier alpha value is -2.06. The van der Waals surface area contributed by atoms with Gasteiger partial charge in [-0.05, 0) is 30.8 Å². The Morgan fingerprint density at radius 2 is 2.07 bits per heavy atom. The number of aliphatic hydroxyl groups excluding tert-OH is 1. The predicted molar refractivity (Wildman–Crippen MR) is 108 cm³/mol. The van der Waals surface area contributed by atoms with E-state index < -0.39 is 6.10 Å². The minimum absolute atomic E-state index is 0.151. The molecule has 6 nitrogen and oxygen atoms in total. The number of aromatic nitrogens is 2. The lowest BCUT2D eigenvalue weighted by Gasteiger charge is -2.11. The summed E-state index contributed by atoms with van der Waals surface area (Å²) in [5.74, 6) is 2.16. The zero-order chi connectivity index (χ0) is 19.0. The van der Waals surface area contributed by atoms with Crippen molar-refractivity contribution in [3.05, 3.63) is 52.8 Å². The van der Waals surface area contributed by atoms with Crippen LogP contribution in [0, 0.1) is 0 Å². The Balaban J connectivity index is 1.32. The Morgan fingerprint density at radius 3 is 2.93 bits per heavy atom. The minimum atomic E-state index is -0.669. The van der Waals surface area contributed by atoms with Gasteiger partial charge in [-0.3, -0.25) is 0 Å². The fraction of sp³-hybridized carbons (Fsp3) is 0.167. The standard InChI is InChI=1S/C18H15Cl2N3O3S/c1-9-21-14-3-2-11(4-17(14)26-9)25-7-10(24)8-27-18-22-15-5-12(19)13(20)6-16(15)23-18/h2-6,10,21,24H,1,7-8H2,(H,22,23)/t10-/m1/s1. The number of fused-ring (bicyclic) bond motifs is 2. The van der Waals surface area contributed by atoms with E-state index in [1.807, 2.05) is 6.07 Å². The molecule has 0 fully saturated rings. The Morgan fingerprint density at radius 1 is 1.26 bits per heavy atom. The van der Waals surface area contributed by atoms with Crippen molar-refractivity contribution in [1.82, 2.24) is 9.97 Å². The number of benzene rings is 2. The van der Waals surface area contributed by atoms with Crippen molar-refractivity contribution in [2.24, 2.45) is 0 Å². The molecule has 2 heterocycles. The van der Waals surface area contributed by atoms with Crippen LogP contribution in [-0.2, 0) is 0 Å². The van der Waals surface area contributed by atoms with Crippen LogP contribution in [0.2, 0.25) is 10.0 Å². The first-order valence-electron chi connectivity index (χ1n) is 8.04. The molecule has 0 saturated carbocycles. The van der Waals surface area contributed by atoms with E-state index in [4.69, 9.17) is 32.7 Å². The number of aliphatic hydroxyl groups is 1. The lowest BCUT2D eigenvalue weighted by Crippen LogP contribution is -2.20. The number of nitrogens with zero attached hydrogens (tertiary/aromatic N) is 1. The first-order valence-corrected chi connectivity index (χ1v) is 9.78. The van der Waals surface area contributed by atoms with E-state index in [2.05, 4.69) is 21.9 Å². The highest BCUT2D eigenvalue weighted by Gasteiger charge is 2.16. The SMILES string of the molecule is C=C1Nc2ccc(OC[C@@H](O)CSc3nc4cc(Cl)c(Cl)cc4[nH]3)cc2O1. The Labute approximate surface area is 169 Å². The molecule has 140 valence electrons. The van der Waals surface area contributed by atoms with Crippen LogP contribution in [0.3, 0.4) is 0 Å². The number of halogens is 2. The van der Waals surface area contributed by atoms with Gasteiger partial charge in [-0.2, -0.15) is 0 Å². The number of anilines is 1. The molecule has 3 aromatic rings. The summed E-state index contributed by atoms with van der Waals surface area (Å²) in [7, 11) is 0. The quantitative estimate of drug-likeness (QED) is 0.499. The van der Waals surface area contributed by atoms with Crippen molar-refractivity contribution in [1.29, 1.82) is 0 Å². The van der Waals surface area contributed by atoms with Crippen LogP contribution in [0.25, 0.3) is 11.0 Å². The lowest BCUT2D eigenvalue weighted by molar-refractivity contribution is 0.126. The molecule has 1 aliphatic heterocycles. The molecule has 0 bridgehead atoms. The van der Waals surface area contributed by atoms with Crippen molar-refractivity contribution in [2.45, 2.75) is 11.3 Å². The second-order valence-electron chi connectivity index (χ2n) is 5.91. The lowest BCUT2D eigenvalue weighted by atomic mass is 10.3. The van der Waals surface area contributed by atoms with Crippen LogP contribution in [0.1, 0.15) is 0 Å². The number of imidazole rings is 1. The summed E-state index contributed by atoms with van der Waals surface area (Å²) in [4.78, 5) is 7.58. The number of thioether (sulfide) groups is 1. The number of aromatic amines is 1. The van der Waals surface area contributed by atoms with Gasteiger partial charge < -0.3 is 24.9 Å². The smallest absolute Gasteiger partial charge is 0.190 e. The van der Waals surface area contributed by atoms with E-state index in [1.54, 1.807) is 24.3 Å². The topological polar surface area (TPSA) is 79.4 Å². The van der Waals surface area contributed by atoms with Crippen molar-refractivity contribution < 1.29 is 14.6 Å². The first kappa shape index (κ1) is 18.3. The molecule has 27 heavy (non-hydrogen) atoms. The van der Waals surface area contributed by atoms with Gasteiger partial charge in [0.2, 0.25) is 0 Å². The second kappa shape index (κ2) is 7.52. The van der Waals surface area contributed by atoms with Gasteiger partial charge in [0.15, 0.2) is 16.8 Å². The van der Waals surface area contributed by atoms with Crippen LogP contribution in [0.4, 0.5) is 5.69 Å². The van der Waals surface area contributed by atoms with Crippen molar-refractivity contribution in [3.8, 4) is 11.5 Å². The van der Waals surface area contributed by atoms with Gasteiger partial charge in [-0.1, -0.05) is 35.0 Å². The molecule has 0 saturated heterocycles. The minimum Gasteiger partial charge on any atom is -0.491 e. The van der Waals surface area contributed by atoms with E-state index in [0.29, 0.717) is 38.3 Å². The third-order valence-electron chi connectivity index (χ3n) is 3.82. The zero-order valence-electron chi connectivity index (χ0n) is 14.0. The molecule has 4 rings (SSSR count). The highest BCUT2D eigenvalue weighted by molar-refractivity contribution is 7.99. The van der Waals surface area contributed by atoms with E-state index in [9.17, 15) is 5.11 Å². The molecular weight excluding hydrogens is 409 g/mol. The van der Waals surface area contributed by atoms with E-state index in [0.717, 1.165) is 16.7 Å². The average Bonchev–Trinajstić information content (AvgIpc) is 3.19. The van der Waals surface area contributed by atoms with Gasteiger partial charge in [0.25, 0.3) is 0 Å². The molecule has 0 amide bonds. The van der Waals surface area contributed by atoms with Crippen molar-refractivity contribution >= 4 is 51.7 Å². The normalized spacial score (nSPS) is 14.0. The molecule has 0 aliphatic carbocycles. The monoisotopic (exact) mass is 423 g/mol. The predicted octanol–water partition coefficient (Wildman–Crippen LogP) is 4.68. The summed E-state index contributed by atoms with van der Waals surface area (Å²) >= 11 is 13.4. The molecule has 3 N–H and O–H groups in total. The molecule has 0 radical (unpaired) electrons.